The minimum absolute atomic E-state index is 0.320. The van der Waals surface area contributed by atoms with Crippen molar-refractivity contribution in [3.8, 4) is 0 Å². The second kappa shape index (κ2) is 6.51. The summed E-state index contributed by atoms with van der Waals surface area (Å²) in [6.45, 7) is 0.814. The number of aliphatic hydroxyl groups is 1. The number of hydrogen-bond donors (Lipinski definition) is 2. The molecule has 2 N–H and O–H groups in total. The van der Waals surface area contributed by atoms with Crippen molar-refractivity contribution in [3.05, 3.63) is 0 Å². The highest BCUT2D eigenvalue weighted by atomic mass is 16.5. The number of hydrogen-bond acceptors (Lipinski definition) is 3. The summed E-state index contributed by atoms with van der Waals surface area (Å²) in [5, 5.41) is 11.4. The molecule has 1 unspecified atom stereocenters. The Morgan fingerprint density at radius 3 is 3.00 bits per heavy atom. The van der Waals surface area contributed by atoms with Crippen molar-refractivity contribution in [2.75, 3.05) is 20.3 Å². The molecule has 60 valence electrons. The van der Waals surface area contributed by atoms with Crippen LogP contribution < -0.4 is 5.32 Å². The van der Waals surface area contributed by atoms with Crippen molar-refractivity contribution >= 4 is 6.41 Å². The maximum Gasteiger partial charge on any atom is 0.207 e. The van der Waals surface area contributed by atoms with Crippen LogP contribution in [0.3, 0.4) is 0 Å². The molecule has 0 rings (SSSR count). The number of carbonyl (C=O) groups excluding carboxylic acids is 1. The molecule has 0 aromatic heterocycles. The topological polar surface area (TPSA) is 58.6 Å². The predicted molar refractivity (Wildman–Crippen MR) is 36.6 cm³/mol. The van der Waals surface area contributed by atoms with E-state index in [4.69, 9.17) is 5.11 Å². The second-order valence-electron chi connectivity index (χ2n) is 1.97. The largest absolute Gasteiger partial charge is 0.391 e. The van der Waals surface area contributed by atoms with Crippen molar-refractivity contribution in [1.82, 2.24) is 5.32 Å². The highest BCUT2D eigenvalue weighted by molar-refractivity contribution is 5.45. The van der Waals surface area contributed by atoms with Gasteiger partial charge in [-0.25, -0.2) is 0 Å². The van der Waals surface area contributed by atoms with Gasteiger partial charge in [0.15, 0.2) is 0 Å². The molecule has 1 amide bonds. The summed E-state index contributed by atoms with van der Waals surface area (Å²) in [5.74, 6) is 0. The van der Waals surface area contributed by atoms with Gasteiger partial charge in [0.2, 0.25) is 6.41 Å². The van der Waals surface area contributed by atoms with Gasteiger partial charge in [-0.1, -0.05) is 0 Å². The number of ether oxygens (including phenoxy) is 1. The van der Waals surface area contributed by atoms with Crippen molar-refractivity contribution in [1.29, 1.82) is 0 Å². The Labute approximate surface area is 60.2 Å². The van der Waals surface area contributed by atoms with Crippen LogP contribution in [0, 0.1) is 0 Å². The van der Waals surface area contributed by atoms with Gasteiger partial charge >= 0.3 is 0 Å². The first-order valence-corrected chi connectivity index (χ1v) is 3.15. The lowest BCUT2D eigenvalue weighted by Crippen LogP contribution is -2.22. The van der Waals surface area contributed by atoms with Gasteiger partial charge < -0.3 is 15.2 Å². The molecule has 0 saturated heterocycles. The van der Waals surface area contributed by atoms with E-state index in [1.165, 1.54) is 7.11 Å². The Hall–Kier alpha value is -0.610. The highest BCUT2D eigenvalue weighted by Crippen LogP contribution is 1.88. The lowest BCUT2D eigenvalue weighted by molar-refractivity contribution is -0.109. The zero-order valence-corrected chi connectivity index (χ0v) is 6.04. The van der Waals surface area contributed by atoms with E-state index in [0.29, 0.717) is 26.0 Å². The number of methoxy groups -OCH3 is 1. The molecule has 0 fully saturated rings. The van der Waals surface area contributed by atoms with Crippen LogP contribution in [0.25, 0.3) is 0 Å². The van der Waals surface area contributed by atoms with E-state index in [9.17, 15) is 4.79 Å². The van der Waals surface area contributed by atoms with Crippen molar-refractivity contribution in [2.45, 2.75) is 12.5 Å². The van der Waals surface area contributed by atoms with Crippen LogP contribution in [0.15, 0.2) is 0 Å². The molecule has 0 heterocycles. The van der Waals surface area contributed by atoms with E-state index in [-0.39, 0.29) is 0 Å². The Morgan fingerprint density at radius 1 is 1.80 bits per heavy atom. The molecule has 0 aliphatic carbocycles. The maximum absolute atomic E-state index is 9.72. The van der Waals surface area contributed by atoms with Crippen molar-refractivity contribution in [3.63, 3.8) is 0 Å². The normalized spacial score (nSPS) is 12.6. The van der Waals surface area contributed by atoms with Crippen LogP contribution in [0.2, 0.25) is 0 Å². The molecule has 0 spiro atoms. The minimum Gasteiger partial charge on any atom is -0.391 e. The minimum atomic E-state index is -0.475. The summed E-state index contributed by atoms with van der Waals surface area (Å²) in [7, 11) is 1.52. The standard InChI is InChI=1S/C6H13NO3/c1-10-4-6(9)2-3-7-5-8/h5-6,9H,2-4H2,1H3,(H,7,8). The van der Waals surface area contributed by atoms with Crippen LogP contribution in [0.4, 0.5) is 0 Å². The third-order valence-corrected chi connectivity index (χ3v) is 1.06. The third kappa shape index (κ3) is 5.53. The molecule has 4 heteroatoms. The molecule has 4 nitrogen and oxygen atoms in total. The molecule has 10 heavy (non-hydrogen) atoms. The number of carbonyl (C=O) groups is 1. The number of aliphatic hydroxyl groups excluding tert-OH is 1. The third-order valence-electron chi connectivity index (χ3n) is 1.06. The SMILES string of the molecule is COCC(O)CCNC=O. The lowest BCUT2D eigenvalue weighted by Gasteiger charge is -2.07. The first kappa shape index (κ1) is 9.39. The summed E-state index contributed by atoms with van der Waals surface area (Å²) in [5.41, 5.74) is 0. The molecule has 0 aliphatic rings. The maximum atomic E-state index is 9.72. The van der Waals surface area contributed by atoms with Gasteiger partial charge in [0.05, 0.1) is 12.7 Å². The molecule has 1 atom stereocenters. The molecule has 0 saturated carbocycles. The van der Waals surface area contributed by atoms with Gasteiger partial charge in [-0.3, -0.25) is 4.79 Å². The smallest absolute Gasteiger partial charge is 0.207 e. The van der Waals surface area contributed by atoms with Crippen molar-refractivity contribution in [2.24, 2.45) is 0 Å². The van der Waals surface area contributed by atoms with Crippen LogP contribution in [0.1, 0.15) is 6.42 Å². The van der Waals surface area contributed by atoms with Gasteiger partial charge in [0.25, 0.3) is 0 Å². The zero-order valence-electron chi connectivity index (χ0n) is 6.04. The number of rotatable bonds is 6. The van der Waals surface area contributed by atoms with Crippen LogP contribution >= 0.6 is 0 Å². The Bertz CT molecular complexity index is 87.1. The van der Waals surface area contributed by atoms with Crippen molar-refractivity contribution < 1.29 is 14.6 Å². The predicted octanol–water partition coefficient (Wildman–Crippen LogP) is -0.870. The fourth-order valence-electron chi connectivity index (χ4n) is 0.585. The summed E-state index contributed by atoms with van der Waals surface area (Å²) in [6, 6.07) is 0. The molecule has 0 aromatic rings. The van der Waals surface area contributed by atoms with Gasteiger partial charge in [-0.05, 0) is 6.42 Å². The van der Waals surface area contributed by atoms with E-state index >= 15 is 0 Å². The van der Waals surface area contributed by atoms with E-state index < -0.39 is 6.10 Å². The van der Waals surface area contributed by atoms with E-state index in [0.717, 1.165) is 0 Å². The van der Waals surface area contributed by atoms with Gasteiger partial charge in [-0.15, -0.1) is 0 Å². The molecule has 0 radical (unpaired) electrons. The second-order valence-corrected chi connectivity index (χ2v) is 1.97. The van der Waals surface area contributed by atoms with Crippen LogP contribution in [0.5, 0.6) is 0 Å². The van der Waals surface area contributed by atoms with Crippen LogP contribution in [-0.2, 0) is 9.53 Å². The van der Waals surface area contributed by atoms with Gasteiger partial charge in [-0.2, -0.15) is 0 Å². The van der Waals surface area contributed by atoms with E-state index in [1.807, 2.05) is 0 Å². The van der Waals surface area contributed by atoms with E-state index in [2.05, 4.69) is 10.1 Å². The summed E-state index contributed by atoms with van der Waals surface area (Å²) in [6.07, 6.45) is 0.670. The molecular weight excluding hydrogens is 134 g/mol. The molecule has 0 aromatic carbocycles. The van der Waals surface area contributed by atoms with E-state index in [1.54, 1.807) is 0 Å². The lowest BCUT2D eigenvalue weighted by atomic mass is 10.3. The highest BCUT2D eigenvalue weighted by Gasteiger charge is 2.00. The van der Waals surface area contributed by atoms with Gasteiger partial charge in [0, 0.05) is 13.7 Å². The summed E-state index contributed by atoms with van der Waals surface area (Å²) < 4.78 is 4.67. The average Bonchev–Trinajstić information content (AvgIpc) is 1.89. The number of amides is 1. The number of nitrogens with one attached hydrogen (secondary N) is 1. The van der Waals surface area contributed by atoms with Crippen LogP contribution in [-0.4, -0.2) is 37.9 Å². The Balaban J connectivity index is 3.04. The molecular formula is C6H13NO3. The zero-order chi connectivity index (χ0) is 7.82. The Morgan fingerprint density at radius 2 is 2.50 bits per heavy atom. The molecule has 0 aliphatic heterocycles. The quantitative estimate of drug-likeness (QED) is 0.379. The Kier molecular flexibility index (Phi) is 6.11. The average molecular weight is 147 g/mol. The summed E-state index contributed by atoms with van der Waals surface area (Å²) in [4.78, 5) is 9.72. The first-order chi connectivity index (χ1) is 4.81. The van der Waals surface area contributed by atoms with Gasteiger partial charge in [0.1, 0.15) is 0 Å². The fourth-order valence-corrected chi connectivity index (χ4v) is 0.585. The monoisotopic (exact) mass is 147 g/mol. The molecule has 0 bridgehead atoms. The first-order valence-electron chi connectivity index (χ1n) is 3.15. The fraction of sp³-hybridized carbons (Fsp3) is 0.833. The summed E-state index contributed by atoms with van der Waals surface area (Å²) >= 11 is 0.